The number of ether oxygens (including phenoxy) is 5. The summed E-state index contributed by atoms with van der Waals surface area (Å²) < 4.78 is 32.0. The standard InChI is InChI=1S/C32H29N3O7S/c1-32(21-38-19-22-11-5-2-6-12-22)27(39-20-23-13-7-3-8-14-23)26(41-31(43)40-25-15-9-4-10-16-25)29(42-32)35-18-24(17-33)28(36)34-30(35)37/h2-16,18,26-27,29H,19-21H2,1H3,(H,34,36,37)/t26-,27+,29-,32-/m1/s1. The molecule has 3 aromatic carbocycles. The Hall–Kier alpha value is -4.60. The fraction of sp³-hybridized carbons (Fsp3) is 0.250. The number of hydrogen-bond donors (Lipinski definition) is 1. The summed E-state index contributed by atoms with van der Waals surface area (Å²) in [5.41, 5.74) is -1.21. The second-order valence-electron chi connectivity index (χ2n) is 10.1. The molecule has 0 radical (unpaired) electrons. The number of rotatable bonds is 10. The highest BCUT2D eigenvalue weighted by molar-refractivity contribution is 7.79. The Labute approximate surface area is 253 Å². The summed E-state index contributed by atoms with van der Waals surface area (Å²) in [6.07, 6.45) is -1.95. The van der Waals surface area contributed by atoms with E-state index in [0.29, 0.717) is 12.4 Å². The van der Waals surface area contributed by atoms with Crippen molar-refractivity contribution < 1.29 is 23.7 Å². The van der Waals surface area contributed by atoms with Crippen LogP contribution in [-0.4, -0.2) is 39.2 Å². The normalized spacial score (nSPS) is 21.2. The topological polar surface area (TPSA) is 125 Å². The van der Waals surface area contributed by atoms with Crippen LogP contribution in [-0.2, 0) is 32.2 Å². The largest absolute Gasteiger partial charge is 0.446 e. The average molecular weight is 600 g/mol. The minimum Gasteiger partial charge on any atom is -0.446 e. The van der Waals surface area contributed by atoms with Gasteiger partial charge in [0.05, 0.1) is 19.8 Å². The molecule has 0 spiro atoms. The lowest BCUT2D eigenvalue weighted by Gasteiger charge is -2.31. The van der Waals surface area contributed by atoms with Gasteiger partial charge in [-0.05, 0) is 30.2 Å². The van der Waals surface area contributed by atoms with Crippen LogP contribution in [0, 0.1) is 11.3 Å². The van der Waals surface area contributed by atoms with E-state index in [1.165, 1.54) is 0 Å². The van der Waals surface area contributed by atoms with Gasteiger partial charge in [0.15, 0.2) is 12.3 Å². The highest BCUT2D eigenvalue weighted by atomic mass is 32.1. The molecule has 0 saturated carbocycles. The highest BCUT2D eigenvalue weighted by Crippen LogP contribution is 2.41. The van der Waals surface area contributed by atoms with Crippen LogP contribution in [0.4, 0.5) is 0 Å². The molecule has 2 heterocycles. The number of aromatic nitrogens is 2. The molecule has 0 amide bonds. The van der Waals surface area contributed by atoms with E-state index in [2.05, 4.69) is 4.98 Å². The van der Waals surface area contributed by atoms with Gasteiger partial charge in [0, 0.05) is 18.4 Å². The molecule has 4 aromatic rings. The SMILES string of the molecule is C[C@]1(COCc2ccccc2)O[C@@H](n2cc(C#N)c(=O)[nH]c2=O)[C@H](OC(=S)Oc2ccccc2)[C@@H]1OCc1ccccc1. The number of nitriles is 1. The number of benzene rings is 3. The molecule has 1 N–H and O–H groups in total. The molecule has 11 heteroatoms. The van der Waals surface area contributed by atoms with Crippen LogP contribution in [0.5, 0.6) is 5.75 Å². The summed E-state index contributed by atoms with van der Waals surface area (Å²) in [7, 11) is 0. The maximum Gasteiger partial charge on any atom is 0.358 e. The molecular formula is C32H29N3O7S. The molecule has 1 saturated heterocycles. The summed E-state index contributed by atoms with van der Waals surface area (Å²) in [5.74, 6) is 0.451. The third-order valence-corrected chi connectivity index (χ3v) is 7.06. The van der Waals surface area contributed by atoms with Crippen LogP contribution in [0.25, 0.3) is 0 Å². The number of para-hydroxylation sites is 1. The zero-order chi connectivity index (χ0) is 30.2. The molecule has 0 unspecified atom stereocenters. The van der Waals surface area contributed by atoms with Gasteiger partial charge >= 0.3 is 10.9 Å². The van der Waals surface area contributed by atoms with Gasteiger partial charge in [-0.3, -0.25) is 14.3 Å². The van der Waals surface area contributed by atoms with Crippen LogP contribution >= 0.6 is 12.2 Å². The zero-order valence-corrected chi connectivity index (χ0v) is 24.1. The van der Waals surface area contributed by atoms with Crippen LogP contribution in [0.1, 0.15) is 29.8 Å². The second-order valence-corrected chi connectivity index (χ2v) is 10.4. The predicted octanol–water partition coefficient (Wildman–Crippen LogP) is 4.25. The van der Waals surface area contributed by atoms with Gasteiger partial charge in [-0.25, -0.2) is 4.79 Å². The molecule has 0 aliphatic carbocycles. The number of H-pyrrole nitrogens is 1. The molecule has 1 aliphatic heterocycles. The number of aromatic amines is 1. The van der Waals surface area contributed by atoms with E-state index >= 15 is 0 Å². The van der Waals surface area contributed by atoms with Crippen LogP contribution in [0.15, 0.2) is 107 Å². The van der Waals surface area contributed by atoms with Gasteiger partial charge in [0.1, 0.15) is 29.1 Å². The van der Waals surface area contributed by atoms with Crippen LogP contribution in [0.3, 0.4) is 0 Å². The van der Waals surface area contributed by atoms with Crippen molar-refractivity contribution >= 4 is 17.5 Å². The van der Waals surface area contributed by atoms with Crippen molar-refractivity contribution in [2.24, 2.45) is 0 Å². The molecule has 1 fully saturated rings. The van der Waals surface area contributed by atoms with Gasteiger partial charge in [-0.1, -0.05) is 78.9 Å². The lowest BCUT2D eigenvalue weighted by Crippen LogP contribution is -2.47. The van der Waals surface area contributed by atoms with Crippen molar-refractivity contribution in [3.05, 3.63) is 135 Å². The molecular weight excluding hydrogens is 570 g/mol. The molecule has 1 aliphatic rings. The third kappa shape index (κ3) is 7.25. The first-order valence-corrected chi connectivity index (χ1v) is 13.9. The summed E-state index contributed by atoms with van der Waals surface area (Å²) in [6, 6.07) is 29.8. The van der Waals surface area contributed by atoms with Crippen molar-refractivity contribution in [3.8, 4) is 11.8 Å². The fourth-order valence-corrected chi connectivity index (χ4v) is 5.02. The monoisotopic (exact) mass is 599 g/mol. The molecule has 5 rings (SSSR count). The first-order valence-electron chi connectivity index (χ1n) is 13.5. The maximum atomic E-state index is 13.0. The van der Waals surface area contributed by atoms with E-state index in [-0.39, 0.29) is 24.0 Å². The minimum atomic E-state index is -1.18. The Morgan fingerprint density at radius 2 is 1.58 bits per heavy atom. The Morgan fingerprint density at radius 3 is 2.21 bits per heavy atom. The van der Waals surface area contributed by atoms with Gasteiger partial charge in [-0.15, -0.1) is 0 Å². The van der Waals surface area contributed by atoms with Gasteiger partial charge in [-0.2, -0.15) is 5.26 Å². The Bertz CT molecular complexity index is 1690. The molecule has 0 bridgehead atoms. The van der Waals surface area contributed by atoms with Crippen molar-refractivity contribution in [2.75, 3.05) is 6.61 Å². The number of nitrogens with zero attached hydrogens (tertiary/aromatic N) is 2. The molecule has 220 valence electrons. The summed E-state index contributed by atoms with van der Waals surface area (Å²) >= 11 is 5.45. The van der Waals surface area contributed by atoms with Crippen LogP contribution < -0.4 is 16.0 Å². The molecule has 1 aromatic heterocycles. The summed E-state index contributed by atoms with van der Waals surface area (Å²) in [6.45, 7) is 2.32. The van der Waals surface area contributed by atoms with Crippen molar-refractivity contribution in [2.45, 2.75) is 44.2 Å². The number of nitrogens with one attached hydrogen (secondary N) is 1. The second kappa shape index (κ2) is 13.6. The third-order valence-electron chi connectivity index (χ3n) is 6.88. The van der Waals surface area contributed by atoms with Gasteiger partial charge in [0.25, 0.3) is 5.56 Å². The number of thiocarbonyl (C=S) groups is 1. The molecule has 43 heavy (non-hydrogen) atoms. The van der Waals surface area contributed by atoms with E-state index in [4.69, 9.17) is 35.9 Å². The summed E-state index contributed by atoms with van der Waals surface area (Å²) in [5, 5.41) is 9.27. The van der Waals surface area contributed by atoms with E-state index in [1.54, 1.807) is 37.3 Å². The Balaban J connectivity index is 1.50. The first-order chi connectivity index (χ1) is 20.9. The highest BCUT2D eigenvalue weighted by Gasteiger charge is 2.56. The quantitative estimate of drug-likeness (QED) is 0.267. The molecule has 10 nitrogen and oxygen atoms in total. The lowest BCUT2D eigenvalue weighted by molar-refractivity contribution is -0.147. The lowest BCUT2D eigenvalue weighted by atomic mass is 9.97. The average Bonchev–Trinajstić information content (AvgIpc) is 3.28. The van der Waals surface area contributed by atoms with E-state index in [1.807, 2.05) is 66.7 Å². The van der Waals surface area contributed by atoms with E-state index in [9.17, 15) is 14.9 Å². The minimum absolute atomic E-state index is 0.0488. The van der Waals surface area contributed by atoms with E-state index < -0.39 is 35.3 Å². The first kappa shape index (κ1) is 29.9. The van der Waals surface area contributed by atoms with Gasteiger partial charge in [0.2, 0.25) is 0 Å². The van der Waals surface area contributed by atoms with Crippen molar-refractivity contribution in [3.63, 3.8) is 0 Å². The summed E-state index contributed by atoms with van der Waals surface area (Å²) in [4.78, 5) is 27.4. The number of hydrogen-bond acceptors (Lipinski definition) is 9. The Kier molecular flexibility index (Phi) is 9.44. The maximum absolute atomic E-state index is 13.0. The van der Waals surface area contributed by atoms with Crippen molar-refractivity contribution in [1.29, 1.82) is 5.26 Å². The predicted molar refractivity (Wildman–Crippen MR) is 160 cm³/mol. The van der Waals surface area contributed by atoms with Gasteiger partial charge < -0.3 is 23.7 Å². The Morgan fingerprint density at radius 1 is 0.977 bits per heavy atom. The smallest absolute Gasteiger partial charge is 0.358 e. The van der Waals surface area contributed by atoms with Crippen LogP contribution in [0.2, 0.25) is 0 Å². The zero-order valence-electron chi connectivity index (χ0n) is 23.3. The fourth-order valence-electron chi connectivity index (χ4n) is 4.81. The van der Waals surface area contributed by atoms with E-state index in [0.717, 1.165) is 21.9 Å². The van der Waals surface area contributed by atoms with Crippen molar-refractivity contribution in [1.82, 2.24) is 9.55 Å². The molecule has 4 atom stereocenters.